The molecule has 0 amide bonds. The van der Waals surface area contributed by atoms with Crippen LogP contribution in [0.5, 0.6) is 0 Å². The molecule has 0 saturated carbocycles. The minimum absolute atomic E-state index is 0.390. The molecule has 1 aromatic heterocycles. The summed E-state index contributed by atoms with van der Waals surface area (Å²) < 4.78 is 0.924. The largest absolute Gasteiger partial charge is 0.478 e. The number of halogens is 1. The van der Waals surface area contributed by atoms with Crippen molar-refractivity contribution in [3.05, 3.63) is 33.7 Å². The van der Waals surface area contributed by atoms with Gasteiger partial charge in [-0.15, -0.1) is 11.3 Å². The van der Waals surface area contributed by atoms with E-state index >= 15 is 0 Å². The SMILES string of the molecule is Cc1sc2cc(Cl)ccc2c1C(=O)O. The fourth-order valence-corrected chi connectivity index (χ4v) is 2.79. The second-order valence-corrected chi connectivity index (χ2v) is 4.67. The van der Waals surface area contributed by atoms with E-state index in [2.05, 4.69) is 0 Å². The van der Waals surface area contributed by atoms with Crippen molar-refractivity contribution in [2.75, 3.05) is 0 Å². The summed E-state index contributed by atoms with van der Waals surface area (Å²) in [6.45, 7) is 1.81. The molecule has 2 rings (SSSR count). The van der Waals surface area contributed by atoms with Crippen LogP contribution in [0.15, 0.2) is 18.2 Å². The van der Waals surface area contributed by atoms with Crippen LogP contribution in [0.1, 0.15) is 15.2 Å². The Morgan fingerprint density at radius 2 is 2.21 bits per heavy atom. The molecular formula is C10H7ClO2S. The van der Waals surface area contributed by atoms with Gasteiger partial charge >= 0.3 is 5.97 Å². The number of hydrogen-bond acceptors (Lipinski definition) is 2. The predicted molar refractivity (Wildman–Crippen MR) is 58.5 cm³/mol. The third-order valence-electron chi connectivity index (χ3n) is 2.04. The van der Waals surface area contributed by atoms with E-state index in [0.29, 0.717) is 10.6 Å². The highest BCUT2D eigenvalue weighted by molar-refractivity contribution is 7.19. The maximum Gasteiger partial charge on any atom is 0.337 e. The second kappa shape index (κ2) is 3.26. The molecule has 1 aromatic carbocycles. The monoisotopic (exact) mass is 226 g/mol. The zero-order valence-electron chi connectivity index (χ0n) is 7.37. The van der Waals surface area contributed by atoms with Crippen molar-refractivity contribution in [2.24, 2.45) is 0 Å². The zero-order valence-corrected chi connectivity index (χ0v) is 8.95. The van der Waals surface area contributed by atoms with E-state index in [4.69, 9.17) is 16.7 Å². The third kappa shape index (κ3) is 1.38. The van der Waals surface area contributed by atoms with Gasteiger partial charge in [-0.2, -0.15) is 0 Å². The first-order valence-electron chi connectivity index (χ1n) is 4.01. The zero-order chi connectivity index (χ0) is 10.3. The van der Waals surface area contributed by atoms with Gasteiger partial charge in [0.05, 0.1) is 5.56 Å². The fraction of sp³-hybridized carbons (Fsp3) is 0.100. The van der Waals surface area contributed by atoms with Gasteiger partial charge in [0, 0.05) is 20.0 Å². The number of aromatic carboxylic acids is 1. The van der Waals surface area contributed by atoms with Gasteiger partial charge in [0.25, 0.3) is 0 Å². The van der Waals surface area contributed by atoms with Gasteiger partial charge in [-0.3, -0.25) is 0 Å². The van der Waals surface area contributed by atoms with Crippen molar-refractivity contribution in [3.8, 4) is 0 Å². The smallest absolute Gasteiger partial charge is 0.337 e. The van der Waals surface area contributed by atoms with Gasteiger partial charge in [0.1, 0.15) is 0 Å². The van der Waals surface area contributed by atoms with Crippen LogP contribution in [0.3, 0.4) is 0 Å². The average molecular weight is 227 g/mol. The number of rotatable bonds is 1. The van der Waals surface area contributed by atoms with Crippen molar-refractivity contribution in [2.45, 2.75) is 6.92 Å². The van der Waals surface area contributed by atoms with Crippen LogP contribution < -0.4 is 0 Å². The lowest BCUT2D eigenvalue weighted by Gasteiger charge is -1.93. The first-order chi connectivity index (χ1) is 6.59. The van der Waals surface area contributed by atoms with Crippen LogP contribution in [0.2, 0.25) is 5.02 Å². The molecule has 0 radical (unpaired) electrons. The Balaban J connectivity index is 2.84. The number of fused-ring (bicyclic) bond motifs is 1. The summed E-state index contributed by atoms with van der Waals surface area (Å²) in [5, 5.41) is 10.4. The van der Waals surface area contributed by atoms with E-state index in [-0.39, 0.29) is 0 Å². The first-order valence-corrected chi connectivity index (χ1v) is 5.21. The maximum atomic E-state index is 11.0. The van der Waals surface area contributed by atoms with Crippen molar-refractivity contribution in [1.29, 1.82) is 0 Å². The molecule has 0 saturated heterocycles. The summed E-state index contributed by atoms with van der Waals surface area (Å²) in [6.07, 6.45) is 0. The third-order valence-corrected chi connectivity index (χ3v) is 3.35. The van der Waals surface area contributed by atoms with Crippen LogP contribution >= 0.6 is 22.9 Å². The fourth-order valence-electron chi connectivity index (χ4n) is 1.46. The summed E-state index contributed by atoms with van der Waals surface area (Å²) in [6, 6.07) is 5.26. The summed E-state index contributed by atoms with van der Waals surface area (Å²) in [4.78, 5) is 11.8. The van der Waals surface area contributed by atoms with Gasteiger partial charge < -0.3 is 5.11 Å². The molecule has 2 nitrogen and oxygen atoms in total. The van der Waals surface area contributed by atoms with Crippen LogP contribution in [0.4, 0.5) is 0 Å². The molecule has 0 aliphatic carbocycles. The predicted octanol–water partition coefficient (Wildman–Crippen LogP) is 3.56. The normalized spacial score (nSPS) is 10.7. The van der Waals surface area contributed by atoms with Gasteiger partial charge in [-0.25, -0.2) is 4.79 Å². The Morgan fingerprint density at radius 3 is 2.86 bits per heavy atom. The highest BCUT2D eigenvalue weighted by atomic mass is 35.5. The van der Waals surface area contributed by atoms with Crippen molar-refractivity contribution in [1.82, 2.24) is 0 Å². The van der Waals surface area contributed by atoms with Gasteiger partial charge in [-0.05, 0) is 19.1 Å². The van der Waals surface area contributed by atoms with Gasteiger partial charge in [-0.1, -0.05) is 17.7 Å². The molecule has 0 fully saturated rings. The molecule has 0 atom stereocenters. The molecule has 72 valence electrons. The van der Waals surface area contributed by atoms with Crippen molar-refractivity contribution in [3.63, 3.8) is 0 Å². The lowest BCUT2D eigenvalue weighted by atomic mass is 10.1. The Hall–Kier alpha value is -1.06. The molecule has 1 heterocycles. The lowest BCUT2D eigenvalue weighted by Crippen LogP contribution is -1.95. The molecule has 2 aromatic rings. The van der Waals surface area contributed by atoms with Crippen LogP contribution in [-0.4, -0.2) is 11.1 Å². The van der Waals surface area contributed by atoms with E-state index in [1.807, 2.05) is 6.92 Å². The molecule has 1 N–H and O–H groups in total. The quantitative estimate of drug-likeness (QED) is 0.807. The Bertz CT molecular complexity index is 516. The maximum absolute atomic E-state index is 11.0. The van der Waals surface area contributed by atoms with E-state index in [1.54, 1.807) is 18.2 Å². The summed E-state index contributed by atoms with van der Waals surface area (Å²) in [7, 11) is 0. The van der Waals surface area contributed by atoms with Crippen molar-refractivity contribution >= 4 is 39.0 Å². The number of thiophene rings is 1. The van der Waals surface area contributed by atoms with Gasteiger partial charge in [0.2, 0.25) is 0 Å². The number of carbonyl (C=O) groups is 1. The molecule has 0 bridgehead atoms. The minimum atomic E-state index is -0.879. The summed E-state index contributed by atoms with van der Waals surface area (Å²) in [5.41, 5.74) is 0.390. The highest BCUT2D eigenvalue weighted by Gasteiger charge is 2.14. The molecule has 0 unspecified atom stereocenters. The lowest BCUT2D eigenvalue weighted by molar-refractivity contribution is 0.0699. The average Bonchev–Trinajstić information content (AvgIpc) is 2.39. The van der Waals surface area contributed by atoms with Crippen molar-refractivity contribution < 1.29 is 9.90 Å². The van der Waals surface area contributed by atoms with E-state index in [0.717, 1.165) is 15.0 Å². The highest BCUT2D eigenvalue weighted by Crippen LogP contribution is 2.32. The number of hydrogen-bond donors (Lipinski definition) is 1. The summed E-state index contributed by atoms with van der Waals surface area (Å²) >= 11 is 7.28. The van der Waals surface area contributed by atoms with E-state index < -0.39 is 5.97 Å². The number of aryl methyl sites for hydroxylation is 1. The molecule has 0 aliphatic heterocycles. The van der Waals surface area contributed by atoms with E-state index in [1.165, 1.54) is 11.3 Å². The minimum Gasteiger partial charge on any atom is -0.478 e. The van der Waals surface area contributed by atoms with E-state index in [9.17, 15) is 4.79 Å². The molecule has 0 spiro atoms. The van der Waals surface area contributed by atoms with Crippen LogP contribution in [0.25, 0.3) is 10.1 Å². The summed E-state index contributed by atoms with van der Waals surface area (Å²) in [5.74, 6) is -0.879. The topological polar surface area (TPSA) is 37.3 Å². The molecule has 14 heavy (non-hydrogen) atoms. The Morgan fingerprint density at radius 1 is 1.50 bits per heavy atom. The molecular weight excluding hydrogens is 220 g/mol. The van der Waals surface area contributed by atoms with Crippen LogP contribution in [-0.2, 0) is 0 Å². The number of carboxylic acids is 1. The number of carboxylic acid groups (broad SMARTS) is 1. The molecule has 0 aliphatic rings. The first kappa shape index (κ1) is 9.49. The molecule has 4 heteroatoms. The standard InChI is InChI=1S/C10H7ClO2S/c1-5-9(10(12)13)7-3-2-6(11)4-8(7)14-5/h2-4H,1H3,(H,12,13). The Labute approximate surface area is 89.7 Å². The Kier molecular flexibility index (Phi) is 2.21. The number of benzene rings is 1. The van der Waals surface area contributed by atoms with Crippen LogP contribution in [0, 0.1) is 6.92 Å². The second-order valence-electron chi connectivity index (χ2n) is 2.98. The van der Waals surface area contributed by atoms with Gasteiger partial charge in [0.15, 0.2) is 0 Å².